The summed E-state index contributed by atoms with van der Waals surface area (Å²) in [5.41, 5.74) is 3.86. The molecule has 0 radical (unpaired) electrons. The maximum Gasteiger partial charge on any atom is 0.193 e. The van der Waals surface area contributed by atoms with Gasteiger partial charge in [0.1, 0.15) is 0 Å². The fourth-order valence-corrected chi connectivity index (χ4v) is 3.39. The number of hydrogen-bond donors (Lipinski definition) is 1. The van der Waals surface area contributed by atoms with Crippen LogP contribution in [-0.2, 0) is 17.9 Å². The first kappa shape index (κ1) is 21.7. The van der Waals surface area contributed by atoms with Crippen LogP contribution in [0.2, 0.25) is 0 Å². The van der Waals surface area contributed by atoms with E-state index in [0.717, 1.165) is 38.6 Å². The first-order valence-electron chi connectivity index (χ1n) is 9.38. The fraction of sp³-hybridized carbons (Fsp3) is 0.409. The Morgan fingerprint density at radius 2 is 1.89 bits per heavy atom. The van der Waals surface area contributed by atoms with E-state index in [1.807, 2.05) is 13.1 Å². The predicted molar refractivity (Wildman–Crippen MR) is 123 cm³/mol. The van der Waals surface area contributed by atoms with E-state index in [4.69, 9.17) is 4.74 Å². The zero-order chi connectivity index (χ0) is 18.2. The fourth-order valence-electron chi connectivity index (χ4n) is 3.39. The Hall–Kier alpha value is -1.60. The van der Waals surface area contributed by atoms with Gasteiger partial charge in [0.2, 0.25) is 0 Å². The number of halogens is 1. The van der Waals surface area contributed by atoms with Gasteiger partial charge < -0.3 is 15.0 Å². The third-order valence-electron chi connectivity index (χ3n) is 4.96. The minimum atomic E-state index is 0. The van der Waals surface area contributed by atoms with Crippen molar-refractivity contribution in [3.8, 4) is 0 Å². The van der Waals surface area contributed by atoms with E-state index in [2.05, 4.69) is 70.7 Å². The number of hydrogen-bond acceptors (Lipinski definition) is 2. The average molecular weight is 479 g/mol. The topological polar surface area (TPSA) is 36.9 Å². The molecular weight excluding hydrogens is 449 g/mol. The number of likely N-dealkylation sites (tertiary alicyclic amines) is 1. The molecule has 0 spiro atoms. The van der Waals surface area contributed by atoms with Gasteiger partial charge in [-0.05, 0) is 30.0 Å². The summed E-state index contributed by atoms with van der Waals surface area (Å²) in [6.07, 6.45) is 1.15. The maximum atomic E-state index is 5.92. The quantitative estimate of drug-likeness (QED) is 0.383. The Morgan fingerprint density at radius 1 is 1.15 bits per heavy atom. The molecule has 0 saturated carbocycles. The first-order valence-corrected chi connectivity index (χ1v) is 9.38. The van der Waals surface area contributed by atoms with E-state index in [0.29, 0.717) is 12.5 Å². The van der Waals surface area contributed by atoms with Crippen LogP contribution in [0.15, 0.2) is 59.6 Å². The molecule has 0 amide bonds. The highest BCUT2D eigenvalue weighted by atomic mass is 127. The second-order valence-electron chi connectivity index (χ2n) is 6.93. The summed E-state index contributed by atoms with van der Waals surface area (Å²) in [4.78, 5) is 6.81. The monoisotopic (exact) mass is 479 g/mol. The van der Waals surface area contributed by atoms with Crippen LogP contribution in [0.3, 0.4) is 0 Å². The average Bonchev–Trinajstić information content (AvgIpc) is 3.13. The molecule has 5 heteroatoms. The third-order valence-corrected chi connectivity index (χ3v) is 4.96. The molecule has 1 aliphatic rings. The summed E-state index contributed by atoms with van der Waals surface area (Å²) in [6.45, 7) is 6.49. The Morgan fingerprint density at radius 3 is 2.63 bits per heavy atom. The molecule has 1 aliphatic heterocycles. The highest BCUT2D eigenvalue weighted by Crippen LogP contribution is 2.17. The second-order valence-corrected chi connectivity index (χ2v) is 6.93. The highest BCUT2D eigenvalue weighted by molar-refractivity contribution is 14.0. The van der Waals surface area contributed by atoms with Crippen LogP contribution in [0.1, 0.15) is 23.1 Å². The third kappa shape index (κ3) is 6.50. The number of nitrogens with zero attached hydrogens (tertiary/aromatic N) is 2. The van der Waals surface area contributed by atoms with Crippen molar-refractivity contribution in [2.75, 3.05) is 26.7 Å². The molecule has 0 aliphatic carbocycles. The lowest BCUT2D eigenvalue weighted by Gasteiger charge is -2.22. The van der Waals surface area contributed by atoms with Crippen molar-refractivity contribution in [1.82, 2.24) is 10.2 Å². The van der Waals surface area contributed by atoms with Gasteiger partial charge in [-0.1, -0.05) is 54.6 Å². The van der Waals surface area contributed by atoms with E-state index < -0.39 is 0 Å². The normalized spacial score (nSPS) is 16.9. The molecule has 146 valence electrons. The van der Waals surface area contributed by atoms with Crippen LogP contribution in [-0.4, -0.2) is 37.6 Å². The van der Waals surface area contributed by atoms with Crippen molar-refractivity contribution in [1.29, 1.82) is 0 Å². The Bertz CT molecular complexity index is 721. The second kappa shape index (κ2) is 11.3. The maximum absolute atomic E-state index is 5.92. The molecule has 1 heterocycles. The molecule has 2 aromatic rings. The van der Waals surface area contributed by atoms with Crippen LogP contribution in [0.25, 0.3) is 0 Å². The van der Waals surface area contributed by atoms with Crippen molar-refractivity contribution >= 4 is 29.9 Å². The Kier molecular flexibility index (Phi) is 9.07. The van der Waals surface area contributed by atoms with Crippen molar-refractivity contribution in [2.45, 2.75) is 26.5 Å². The molecule has 1 unspecified atom stereocenters. The largest absolute Gasteiger partial charge is 0.376 e. The van der Waals surface area contributed by atoms with Gasteiger partial charge in [-0.2, -0.15) is 0 Å². The van der Waals surface area contributed by atoms with Gasteiger partial charge in [-0.15, -0.1) is 24.0 Å². The summed E-state index contributed by atoms with van der Waals surface area (Å²) < 4.78 is 5.92. The summed E-state index contributed by atoms with van der Waals surface area (Å²) >= 11 is 0. The standard InChI is InChI=1S/C22H29N3O.HI/c1-18-8-6-7-11-21(18)14-24-22(23-2)25-13-12-20(15-25)17-26-16-19-9-4-3-5-10-19;/h3-11,20H,12-17H2,1-2H3,(H,23,24);1H. The van der Waals surface area contributed by atoms with Gasteiger partial charge in [0.05, 0.1) is 13.2 Å². The molecule has 0 bridgehead atoms. The van der Waals surface area contributed by atoms with Crippen LogP contribution in [0, 0.1) is 12.8 Å². The van der Waals surface area contributed by atoms with Crippen molar-refractivity contribution < 1.29 is 4.74 Å². The molecule has 27 heavy (non-hydrogen) atoms. The highest BCUT2D eigenvalue weighted by Gasteiger charge is 2.24. The summed E-state index contributed by atoms with van der Waals surface area (Å²) in [7, 11) is 1.86. The number of aryl methyl sites for hydroxylation is 1. The van der Waals surface area contributed by atoms with Crippen LogP contribution in [0.4, 0.5) is 0 Å². The number of nitrogens with one attached hydrogen (secondary N) is 1. The van der Waals surface area contributed by atoms with Crippen molar-refractivity contribution in [3.63, 3.8) is 0 Å². The van der Waals surface area contributed by atoms with Gasteiger partial charge in [-0.3, -0.25) is 4.99 Å². The molecule has 1 fully saturated rings. The van der Waals surface area contributed by atoms with Crippen LogP contribution >= 0.6 is 24.0 Å². The SMILES string of the molecule is CN=C(NCc1ccccc1C)N1CCC(COCc2ccccc2)C1.I. The lowest BCUT2D eigenvalue weighted by Crippen LogP contribution is -2.40. The number of guanidine groups is 1. The molecule has 2 aromatic carbocycles. The molecule has 4 nitrogen and oxygen atoms in total. The zero-order valence-corrected chi connectivity index (χ0v) is 18.6. The summed E-state index contributed by atoms with van der Waals surface area (Å²) in [5.74, 6) is 1.55. The predicted octanol–water partition coefficient (Wildman–Crippen LogP) is 4.23. The zero-order valence-electron chi connectivity index (χ0n) is 16.2. The van der Waals surface area contributed by atoms with E-state index in [1.165, 1.54) is 16.7 Å². The van der Waals surface area contributed by atoms with Gasteiger partial charge in [-0.25, -0.2) is 0 Å². The van der Waals surface area contributed by atoms with E-state index in [-0.39, 0.29) is 24.0 Å². The number of rotatable bonds is 6. The van der Waals surface area contributed by atoms with Gasteiger partial charge in [0, 0.05) is 32.6 Å². The smallest absolute Gasteiger partial charge is 0.193 e. The van der Waals surface area contributed by atoms with Crippen molar-refractivity contribution in [2.24, 2.45) is 10.9 Å². The molecule has 1 N–H and O–H groups in total. The van der Waals surface area contributed by atoms with Crippen LogP contribution in [0.5, 0.6) is 0 Å². The van der Waals surface area contributed by atoms with Crippen molar-refractivity contribution in [3.05, 3.63) is 71.3 Å². The van der Waals surface area contributed by atoms with Crippen LogP contribution < -0.4 is 5.32 Å². The number of ether oxygens (including phenoxy) is 1. The molecule has 1 atom stereocenters. The minimum Gasteiger partial charge on any atom is -0.376 e. The summed E-state index contributed by atoms with van der Waals surface area (Å²) in [6, 6.07) is 18.8. The Labute approximate surface area is 180 Å². The number of aliphatic imine (C=N–C) groups is 1. The summed E-state index contributed by atoms with van der Waals surface area (Å²) in [5, 5.41) is 3.51. The molecule has 1 saturated heterocycles. The lowest BCUT2D eigenvalue weighted by molar-refractivity contribution is 0.0906. The van der Waals surface area contributed by atoms with Gasteiger partial charge in [0.15, 0.2) is 5.96 Å². The van der Waals surface area contributed by atoms with Gasteiger partial charge in [0.25, 0.3) is 0 Å². The van der Waals surface area contributed by atoms with E-state index >= 15 is 0 Å². The van der Waals surface area contributed by atoms with E-state index in [9.17, 15) is 0 Å². The van der Waals surface area contributed by atoms with E-state index in [1.54, 1.807) is 0 Å². The number of benzene rings is 2. The Balaban J connectivity index is 0.00000261. The lowest BCUT2D eigenvalue weighted by atomic mass is 10.1. The van der Waals surface area contributed by atoms with Gasteiger partial charge >= 0.3 is 0 Å². The molecule has 3 rings (SSSR count). The first-order chi connectivity index (χ1) is 12.8. The molecule has 0 aromatic heterocycles. The minimum absolute atomic E-state index is 0. The molecular formula is C22H30IN3O.